The van der Waals surface area contributed by atoms with Gasteiger partial charge >= 0.3 is 0 Å². The van der Waals surface area contributed by atoms with Gasteiger partial charge in [0.1, 0.15) is 11.5 Å². The molecule has 216 valence electrons. The molecule has 0 fully saturated rings. The number of nitrogens with zero attached hydrogens (tertiary/aromatic N) is 1. The molecular weight excluding hydrogens is 610 g/mol. The summed E-state index contributed by atoms with van der Waals surface area (Å²) in [5.41, 5.74) is 4.62. The fourth-order valence-corrected chi connectivity index (χ4v) is 4.23. The molecule has 0 bridgehead atoms. The van der Waals surface area contributed by atoms with E-state index in [1.54, 1.807) is 48.5 Å². The molecule has 0 atom stereocenters. The molecule has 0 heterocycles. The van der Waals surface area contributed by atoms with Crippen LogP contribution in [0.5, 0.6) is 11.5 Å². The molecule has 0 aliphatic heterocycles. The van der Waals surface area contributed by atoms with Crippen LogP contribution in [-0.4, -0.2) is 16.7 Å². The van der Waals surface area contributed by atoms with Crippen molar-refractivity contribution in [3.63, 3.8) is 0 Å². The van der Waals surface area contributed by atoms with Crippen molar-refractivity contribution in [3.8, 4) is 11.5 Å². The zero-order valence-corrected chi connectivity index (χ0v) is 25.0. The molecule has 43 heavy (non-hydrogen) atoms. The average Bonchev–Trinajstić information content (AvgIpc) is 3.02. The SMILES string of the molecule is Cc1ccc(Br)cc1NC(=O)c1ccccc1.Cc1ccc(Oc2ccc([N+](=O)[O-])cc2)cc1NC(=O)c1ccccc1. The first-order chi connectivity index (χ1) is 20.7. The maximum atomic E-state index is 12.3. The molecule has 5 aromatic carbocycles. The van der Waals surface area contributed by atoms with E-state index < -0.39 is 4.92 Å². The number of hydrogen-bond acceptors (Lipinski definition) is 5. The highest BCUT2D eigenvalue weighted by atomic mass is 79.9. The number of benzene rings is 5. The van der Waals surface area contributed by atoms with Gasteiger partial charge < -0.3 is 15.4 Å². The quantitative estimate of drug-likeness (QED) is 0.137. The van der Waals surface area contributed by atoms with E-state index >= 15 is 0 Å². The van der Waals surface area contributed by atoms with Crippen molar-refractivity contribution in [2.24, 2.45) is 0 Å². The van der Waals surface area contributed by atoms with Gasteiger partial charge in [0.2, 0.25) is 0 Å². The number of aryl methyl sites for hydroxylation is 2. The number of anilines is 2. The predicted molar refractivity (Wildman–Crippen MR) is 172 cm³/mol. The van der Waals surface area contributed by atoms with Crippen LogP contribution in [0.15, 0.2) is 126 Å². The van der Waals surface area contributed by atoms with Crippen LogP contribution < -0.4 is 15.4 Å². The first-order valence-corrected chi connectivity index (χ1v) is 14.0. The van der Waals surface area contributed by atoms with E-state index in [1.807, 2.05) is 62.4 Å². The minimum Gasteiger partial charge on any atom is -0.457 e. The number of rotatable bonds is 7. The third-order valence-electron chi connectivity index (χ3n) is 6.26. The lowest BCUT2D eigenvalue weighted by molar-refractivity contribution is -0.384. The van der Waals surface area contributed by atoms with E-state index in [1.165, 1.54) is 24.3 Å². The predicted octanol–water partition coefficient (Wildman–Crippen LogP) is 8.96. The van der Waals surface area contributed by atoms with Gasteiger partial charge in [0, 0.05) is 45.2 Å². The zero-order chi connectivity index (χ0) is 30.8. The van der Waals surface area contributed by atoms with Crippen molar-refractivity contribution in [1.29, 1.82) is 0 Å². The molecular formula is C34H28BrN3O5. The number of carbonyl (C=O) groups excluding carboxylic acids is 2. The van der Waals surface area contributed by atoms with Crippen LogP contribution in [0.25, 0.3) is 0 Å². The highest BCUT2D eigenvalue weighted by Gasteiger charge is 2.10. The maximum Gasteiger partial charge on any atom is 0.269 e. The van der Waals surface area contributed by atoms with Crippen molar-refractivity contribution in [2.45, 2.75) is 13.8 Å². The number of nitro benzene ring substituents is 1. The molecule has 2 N–H and O–H groups in total. The number of amides is 2. The Morgan fingerprint density at radius 1 is 0.651 bits per heavy atom. The van der Waals surface area contributed by atoms with Crippen LogP contribution in [-0.2, 0) is 0 Å². The summed E-state index contributed by atoms with van der Waals surface area (Å²) in [5, 5.41) is 16.5. The van der Waals surface area contributed by atoms with Gasteiger partial charge in [0.15, 0.2) is 0 Å². The monoisotopic (exact) mass is 637 g/mol. The summed E-state index contributed by atoms with van der Waals surface area (Å²) >= 11 is 3.39. The minimum absolute atomic E-state index is 0.00271. The fraction of sp³-hybridized carbons (Fsp3) is 0.0588. The Hall–Kier alpha value is -5.28. The van der Waals surface area contributed by atoms with Gasteiger partial charge in [0.05, 0.1) is 4.92 Å². The second kappa shape index (κ2) is 14.6. The lowest BCUT2D eigenvalue weighted by Gasteiger charge is -2.11. The van der Waals surface area contributed by atoms with Gasteiger partial charge in [0.25, 0.3) is 17.5 Å². The van der Waals surface area contributed by atoms with E-state index in [-0.39, 0.29) is 17.5 Å². The first-order valence-electron chi connectivity index (χ1n) is 13.2. The number of nitrogens with one attached hydrogen (secondary N) is 2. The number of non-ortho nitro benzene ring substituents is 1. The van der Waals surface area contributed by atoms with E-state index in [0.717, 1.165) is 21.3 Å². The van der Waals surface area contributed by atoms with Gasteiger partial charge in [-0.2, -0.15) is 0 Å². The molecule has 0 radical (unpaired) electrons. The summed E-state index contributed by atoms with van der Waals surface area (Å²) in [7, 11) is 0. The molecule has 0 aliphatic carbocycles. The van der Waals surface area contributed by atoms with Crippen molar-refractivity contribution in [3.05, 3.63) is 158 Å². The van der Waals surface area contributed by atoms with E-state index in [9.17, 15) is 19.7 Å². The normalized spacial score (nSPS) is 10.1. The van der Waals surface area contributed by atoms with Crippen molar-refractivity contribution >= 4 is 44.8 Å². The Kier molecular flexibility index (Phi) is 10.4. The summed E-state index contributed by atoms with van der Waals surface area (Å²) in [5.74, 6) is 0.695. The van der Waals surface area contributed by atoms with E-state index in [0.29, 0.717) is 28.3 Å². The molecule has 0 aliphatic rings. The molecule has 2 amide bonds. The standard InChI is InChI=1S/C20H16N2O4.C14H12BrNO/c1-14-7-10-18(26-17-11-8-16(9-12-17)22(24)25)13-19(14)21-20(23)15-5-3-2-4-6-15;1-10-7-8-12(15)9-13(10)16-14(17)11-5-3-2-4-6-11/h2-13H,1H3,(H,21,23);2-9H,1H3,(H,16,17). The Morgan fingerprint density at radius 3 is 1.63 bits per heavy atom. The summed E-state index contributed by atoms with van der Waals surface area (Å²) in [6.07, 6.45) is 0. The van der Waals surface area contributed by atoms with Crippen LogP contribution in [0.1, 0.15) is 31.8 Å². The largest absolute Gasteiger partial charge is 0.457 e. The topological polar surface area (TPSA) is 111 Å². The van der Waals surface area contributed by atoms with Crippen molar-refractivity contribution in [1.82, 2.24) is 0 Å². The third kappa shape index (κ3) is 8.85. The molecule has 0 saturated carbocycles. The summed E-state index contributed by atoms with van der Waals surface area (Å²) in [4.78, 5) is 34.5. The Labute approximate surface area is 257 Å². The Morgan fingerprint density at radius 2 is 1.12 bits per heavy atom. The number of halogens is 1. The minimum atomic E-state index is -0.465. The van der Waals surface area contributed by atoms with Crippen LogP contribution in [0.3, 0.4) is 0 Å². The maximum absolute atomic E-state index is 12.3. The summed E-state index contributed by atoms with van der Waals surface area (Å²) in [6, 6.07) is 35.1. The fourth-order valence-electron chi connectivity index (χ4n) is 3.87. The number of ether oxygens (including phenoxy) is 1. The lowest BCUT2D eigenvalue weighted by atomic mass is 10.1. The number of carbonyl (C=O) groups is 2. The molecule has 0 aromatic heterocycles. The molecule has 8 nitrogen and oxygen atoms in total. The Bertz CT molecular complexity index is 1730. The van der Waals surface area contributed by atoms with Crippen LogP contribution in [0.2, 0.25) is 0 Å². The first kappa shape index (κ1) is 30.7. The average molecular weight is 639 g/mol. The van der Waals surface area contributed by atoms with Crippen molar-refractivity contribution < 1.29 is 19.2 Å². The van der Waals surface area contributed by atoms with Crippen molar-refractivity contribution in [2.75, 3.05) is 10.6 Å². The molecule has 9 heteroatoms. The van der Waals surface area contributed by atoms with Gasteiger partial charge in [-0.05, 0) is 79.6 Å². The Balaban J connectivity index is 0.000000215. The van der Waals surface area contributed by atoms with E-state index in [4.69, 9.17) is 4.74 Å². The molecule has 5 rings (SSSR count). The highest BCUT2D eigenvalue weighted by molar-refractivity contribution is 9.10. The molecule has 0 saturated heterocycles. The lowest BCUT2D eigenvalue weighted by Crippen LogP contribution is -2.12. The smallest absolute Gasteiger partial charge is 0.269 e. The zero-order valence-electron chi connectivity index (χ0n) is 23.4. The molecule has 5 aromatic rings. The number of nitro groups is 1. The number of hydrogen-bond donors (Lipinski definition) is 2. The van der Waals surface area contributed by atoms with Gasteiger partial charge in [-0.3, -0.25) is 19.7 Å². The van der Waals surface area contributed by atoms with Crippen LogP contribution in [0, 0.1) is 24.0 Å². The van der Waals surface area contributed by atoms with Crippen LogP contribution in [0.4, 0.5) is 17.1 Å². The third-order valence-corrected chi connectivity index (χ3v) is 6.75. The van der Waals surface area contributed by atoms with Crippen LogP contribution >= 0.6 is 15.9 Å². The van der Waals surface area contributed by atoms with Gasteiger partial charge in [-0.25, -0.2) is 0 Å². The molecule has 0 unspecified atom stereocenters. The second-order valence-electron chi connectivity index (χ2n) is 9.43. The highest BCUT2D eigenvalue weighted by Crippen LogP contribution is 2.28. The van der Waals surface area contributed by atoms with E-state index in [2.05, 4.69) is 26.6 Å². The van der Waals surface area contributed by atoms with Gasteiger partial charge in [-0.1, -0.05) is 64.5 Å². The summed E-state index contributed by atoms with van der Waals surface area (Å²) in [6.45, 7) is 3.85. The van der Waals surface area contributed by atoms with Gasteiger partial charge in [-0.15, -0.1) is 0 Å². The summed E-state index contributed by atoms with van der Waals surface area (Å²) < 4.78 is 6.67. The molecule has 0 spiro atoms. The second-order valence-corrected chi connectivity index (χ2v) is 10.3.